The molecule has 1 unspecified atom stereocenters. The van der Waals surface area contributed by atoms with Crippen molar-refractivity contribution in [3.63, 3.8) is 0 Å². The fraction of sp³-hybridized carbons (Fsp3) is 0.364. The number of hydrogen-bond acceptors (Lipinski definition) is 8. The number of piperazine rings is 1. The zero-order valence-corrected chi connectivity index (χ0v) is 19.5. The van der Waals surface area contributed by atoms with Crippen LogP contribution in [0.25, 0.3) is 0 Å². The molecular formula is C22H24N6O5S. The van der Waals surface area contributed by atoms with Crippen molar-refractivity contribution in [1.82, 2.24) is 20.2 Å². The highest BCUT2D eigenvalue weighted by atomic mass is 32.1. The maximum Gasteiger partial charge on any atom is 0.415 e. The summed E-state index contributed by atoms with van der Waals surface area (Å²) in [7, 11) is 0. The molecule has 4 heterocycles. The molecule has 178 valence electrons. The second kappa shape index (κ2) is 9.59. The van der Waals surface area contributed by atoms with Crippen LogP contribution in [-0.4, -0.2) is 75.3 Å². The molecule has 34 heavy (non-hydrogen) atoms. The molecule has 0 aliphatic carbocycles. The Kier molecular flexibility index (Phi) is 6.59. The van der Waals surface area contributed by atoms with Crippen LogP contribution in [0.2, 0.25) is 0 Å². The second-order valence-corrected chi connectivity index (χ2v) is 8.64. The third-order valence-electron chi connectivity index (χ3n) is 5.65. The Labute approximate surface area is 201 Å². The minimum atomic E-state index is -1.03. The summed E-state index contributed by atoms with van der Waals surface area (Å²) < 4.78 is 5.44. The topological polar surface area (TPSA) is 128 Å². The SMILES string of the molecule is CC(C)C1NC(=S)N(c2ccc(OC(=O)N3CCN(c4ccc(C(=O)O)cn4)CC3)cn2)C1=O. The summed E-state index contributed by atoms with van der Waals surface area (Å²) in [5, 5.41) is 12.3. The van der Waals surface area contributed by atoms with Gasteiger partial charge in [-0.15, -0.1) is 0 Å². The highest BCUT2D eigenvalue weighted by molar-refractivity contribution is 7.80. The van der Waals surface area contributed by atoms with Gasteiger partial charge in [0.05, 0.1) is 11.8 Å². The number of carbonyl (C=O) groups is 3. The lowest BCUT2D eigenvalue weighted by molar-refractivity contribution is -0.119. The Morgan fingerprint density at radius 1 is 1.09 bits per heavy atom. The summed E-state index contributed by atoms with van der Waals surface area (Å²) in [6.45, 7) is 5.78. The Morgan fingerprint density at radius 2 is 1.76 bits per heavy atom. The van der Waals surface area contributed by atoms with Gasteiger partial charge in [0.15, 0.2) is 10.9 Å². The predicted octanol–water partition coefficient (Wildman–Crippen LogP) is 1.74. The molecule has 2 aliphatic rings. The maximum absolute atomic E-state index is 12.6. The molecule has 2 N–H and O–H groups in total. The Balaban J connectivity index is 1.32. The average Bonchev–Trinajstić information content (AvgIpc) is 3.14. The molecular weight excluding hydrogens is 460 g/mol. The van der Waals surface area contributed by atoms with E-state index >= 15 is 0 Å². The van der Waals surface area contributed by atoms with Crippen LogP contribution in [0.4, 0.5) is 16.4 Å². The zero-order chi connectivity index (χ0) is 24.4. The molecule has 0 bridgehead atoms. The Bertz CT molecular complexity index is 1100. The number of amides is 2. The van der Waals surface area contributed by atoms with Crippen LogP contribution >= 0.6 is 12.2 Å². The van der Waals surface area contributed by atoms with E-state index in [9.17, 15) is 14.4 Å². The number of pyridine rings is 2. The fourth-order valence-corrected chi connectivity index (χ4v) is 4.03. The molecule has 0 aromatic carbocycles. The van der Waals surface area contributed by atoms with Crippen molar-refractivity contribution in [2.24, 2.45) is 5.92 Å². The van der Waals surface area contributed by atoms with Gasteiger partial charge in [0, 0.05) is 32.4 Å². The van der Waals surface area contributed by atoms with Crippen molar-refractivity contribution in [1.29, 1.82) is 0 Å². The van der Waals surface area contributed by atoms with Gasteiger partial charge >= 0.3 is 12.1 Å². The third kappa shape index (κ3) is 4.76. The number of thiocarbonyl (C=S) groups is 1. The van der Waals surface area contributed by atoms with Crippen molar-refractivity contribution in [3.05, 3.63) is 42.2 Å². The molecule has 4 rings (SSSR count). The van der Waals surface area contributed by atoms with Gasteiger partial charge in [0.25, 0.3) is 5.91 Å². The molecule has 2 fully saturated rings. The van der Waals surface area contributed by atoms with E-state index in [4.69, 9.17) is 22.1 Å². The van der Waals surface area contributed by atoms with Crippen molar-refractivity contribution >= 4 is 46.9 Å². The molecule has 2 saturated heterocycles. The van der Waals surface area contributed by atoms with Crippen LogP contribution < -0.4 is 19.9 Å². The van der Waals surface area contributed by atoms with Gasteiger partial charge in [-0.2, -0.15) is 0 Å². The molecule has 0 radical (unpaired) electrons. The lowest BCUT2D eigenvalue weighted by Gasteiger charge is -2.34. The third-order valence-corrected chi connectivity index (χ3v) is 5.95. The first kappa shape index (κ1) is 23.4. The number of rotatable bonds is 5. The van der Waals surface area contributed by atoms with Crippen LogP contribution in [0.1, 0.15) is 24.2 Å². The molecule has 2 aliphatic heterocycles. The number of carbonyl (C=O) groups excluding carboxylic acids is 2. The lowest BCUT2D eigenvalue weighted by atomic mass is 10.1. The van der Waals surface area contributed by atoms with E-state index in [-0.39, 0.29) is 23.1 Å². The number of anilines is 2. The van der Waals surface area contributed by atoms with Gasteiger partial charge < -0.3 is 25.0 Å². The van der Waals surface area contributed by atoms with E-state index in [0.717, 1.165) is 0 Å². The first-order chi connectivity index (χ1) is 16.2. The monoisotopic (exact) mass is 484 g/mol. The van der Waals surface area contributed by atoms with Gasteiger partial charge in [0.1, 0.15) is 17.7 Å². The van der Waals surface area contributed by atoms with Crippen molar-refractivity contribution < 1.29 is 24.2 Å². The minimum Gasteiger partial charge on any atom is -0.478 e. The van der Waals surface area contributed by atoms with Crippen molar-refractivity contribution in [2.45, 2.75) is 19.9 Å². The van der Waals surface area contributed by atoms with Gasteiger partial charge in [-0.1, -0.05) is 13.8 Å². The van der Waals surface area contributed by atoms with Crippen molar-refractivity contribution in [2.75, 3.05) is 36.0 Å². The van der Waals surface area contributed by atoms with E-state index in [0.29, 0.717) is 42.9 Å². The van der Waals surface area contributed by atoms with E-state index in [1.165, 1.54) is 23.4 Å². The number of carboxylic acids is 1. The highest BCUT2D eigenvalue weighted by Gasteiger charge is 2.38. The largest absolute Gasteiger partial charge is 0.478 e. The number of aromatic carboxylic acids is 1. The van der Waals surface area contributed by atoms with E-state index in [1.54, 1.807) is 23.1 Å². The van der Waals surface area contributed by atoms with E-state index in [1.807, 2.05) is 18.7 Å². The standard InChI is InChI=1S/C22H24N6O5S/c1-13(2)18-19(29)28(21(34)25-18)17-6-4-15(12-24-17)33-22(32)27-9-7-26(8-10-27)16-5-3-14(11-23-16)20(30)31/h3-6,11-13,18H,7-10H2,1-2H3,(H,25,34)(H,30,31). The molecule has 2 aromatic heterocycles. The van der Waals surface area contributed by atoms with Gasteiger partial charge in [-0.3, -0.25) is 4.79 Å². The molecule has 0 saturated carbocycles. The first-order valence-electron chi connectivity index (χ1n) is 10.8. The Hall–Kier alpha value is -3.80. The molecule has 0 spiro atoms. The minimum absolute atomic E-state index is 0.0797. The normalized spacial score (nSPS) is 18.3. The van der Waals surface area contributed by atoms with E-state index in [2.05, 4.69) is 15.3 Å². The summed E-state index contributed by atoms with van der Waals surface area (Å²) >= 11 is 5.27. The Morgan fingerprint density at radius 3 is 2.29 bits per heavy atom. The number of aromatic nitrogens is 2. The van der Waals surface area contributed by atoms with Gasteiger partial charge in [0.2, 0.25) is 0 Å². The van der Waals surface area contributed by atoms with Gasteiger partial charge in [-0.05, 0) is 42.4 Å². The highest BCUT2D eigenvalue weighted by Crippen LogP contribution is 2.23. The first-order valence-corrected chi connectivity index (χ1v) is 11.2. The summed E-state index contributed by atoms with van der Waals surface area (Å²) in [5.74, 6) is 0.161. The lowest BCUT2D eigenvalue weighted by Crippen LogP contribution is -2.49. The van der Waals surface area contributed by atoms with Crippen LogP contribution in [-0.2, 0) is 4.79 Å². The van der Waals surface area contributed by atoms with Crippen molar-refractivity contribution in [3.8, 4) is 5.75 Å². The number of nitrogens with zero attached hydrogens (tertiary/aromatic N) is 5. The van der Waals surface area contributed by atoms with Crippen LogP contribution in [0, 0.1) is 5.92 Å². The molecule has 2 aromatic rings. The second-order valence-electron chi connectivity index (χ2n) is 8.25. The van der Waals surface area contributed by atoms with Crippen LogP contribution in [0.15, 0.2) is 36.7 Å². The summed E-state index contributed by atoms with van der Waals surface area (Å²) in [6, 6.07) is 5.92. The van der Waals surface area contributed by atoms with Crippen LogP contribution in [0.3, 0.4) is 0 Å². The summed E-state index contributed by atoms with van der Waals surface area (Å²) in [6.07, 6.45) is 2.20. The maximum atomic E-state index is 12.6. The smallest absolute Gasteiger partial charge is 0.415 e. The van der Waals surface area contributed by atoms with E-state index < -0.39 is 18.1 Å². The number of hydrogen-bond donors (Lipinski definition) is 2. The summed E-state index contributed by atoms with van der Waals surface area (Å²) in [5.41, 5.74) is 0.123. The molecule has 12 heteroatoms. The fourth-order valence-electron chi connectivity index (χ4n) is 3.72. The zero-order valence-electron chi connectivity index (χ0n) is 18.7. The molecule has 1 atom stereocenters. The van der Waals surface area contributed by atoms with Gasteiger partial charge in [-0.25, -0.2) is 24.5 Å². The quantitative estimate of drug-likeness (QED) is 0.606. The number of nitrogens with one attached hydrogen (secondary N) is 1. The number of ether oxygens (including phenoxy) is 1. The molecule has 2 amide bonds. The number of carboxylic acid groups (broad SMARTS) is 1. The van der Waals surface area contributed by atoms with Crippen LogP contribution in [0.5, 0.6) is 5.75 Å². The predicted molar refractivity (Wildman–Crippen MR) is 127 cm³/mol. The summed E-state index contributed by atoms with van der Waals surface area (Å²) in [4.78, 5) is 49.5. The average molecular weight is 485 g/mol. The molecule has 11 nitrogen and oxygen atoms in total.